The van der Waals surface area contributed by atoms with Crippen LogP contribution in [0.4, 0.5) is 0 Å². The van der Waals surface area contributed by atoms with Crippen LogP contribution in [0.3, 0.4) is 0 Å². The monoisotopic (exact) mass is 364 g/mol. The van der Waals surface area contributed by atoms with E-state index in [2.05, 4.69) is 31.9 Å². The second-order valence-corrected chi connectivity index (χ2v) is 7.50. The first-order valence-electron chi connectivity index (χ1n) is 4.16. The molecular weight excluding hydrogens is 360 g/mol. The molecule has 0 saturated carbocycles. The zero-order chi connectivity index (χ0) is 10.8. The van der Waals surface area contributed by atoms with Gasteiger partial charge in [-0.2, -0.15) is 11.3 Å². The Labute approximate surface area is 112 Å². The lowest BCUT2D eigenvalue weighted by Gasteiger charge is -1.96. The molecule has 0 bridgehead atoms. The van der Waals surface area contributed by atoms with Crippen molar-refractivity contribution in [2.75, 3.05) is 0 Å². The minimum atomic E-state index is 0.155. The van der Waals surface area contributed by atoms with Gasteiger partial charge in [-0.15, -0.1) is 11.3 Å². The Hall–Kier alpha value is 0.0300. The number of thiophene rings is 2. The Morgan fingerprint density at radius 1 is 1.40 bits per heavy atom. The first-order valence-corrected chi connectivity index (χ1v) is 7.50. The zero-order valence-electron chi connectivity index (χ0n) is 7.50. The van der Waals surface area contributed by atoms with Crippen LogP contribution >= 0.6 is 54.5 Å². The molecule has 0 radical (unpaired) electrons. The lowest BCUT2D eigenvalue weighted by Crippen LogP contribution is -2.01. The molecule has 15 heavy (non-hydrogen) atoms. The van der Waals surface area contributed by atoms with Gasteiger partial charge in [0, 0.05) is 12.0 Å². The maximum Gasteiger partial charge on any atom is 0.169 e. The van der Waals surface area contributed by atoms with Crippen molar-refractivity contribution in [3.63, 3.8) is 0 Å². The van der Waals surface area contributed by atoms with Crippen LogP contribution in [0.5, 0.6) is 0 Å². The van der Waals surface area contributed by atoms with Gasteiger partial charge in [-0.25, -0.2) is 0 Å². The Kier molecular flexibility index (Phi) is 3.77. The van der Waals surface area contributed by atoms with Gasteiger partial charge in [-0.1, -0.05) is 0 Å². The summed E-state index contributed by atoms with van der Waals surface area (Å²) in [5.74, 6) is 0.155. The first kappa shape index (κ1) is 11.5. The van der Waals surface area contributed by atoms with Gasteiger partial charge in [-0.3, -0.25) is 4.79 Å². The van der Waals surface area contributed by atoms with Gasteiger partial charge in [0.05, 0.1) is 7.57 Å². The topological polar surface area (TPSA) is 17.1 Å². The van der Waals surface area contributed by atoms with Crippen LogP contribution in [-0.4, -0.2) is 5.78 Å². The van der Waals surface area contributed by atoms with Gasteiger partial charge in [0.2, 0.25) is 0 Å². The first-order chi connectivity index (χ1) is 7.16. The van der Waals surface area contributed by atoms with E-state index >= 15 is 0 Å². The predicted octanol–water partition coefficient (Wildman–Crippen LogP) is 4.76. The number of Topliss-reactive ketones (excluding diaryl/α,β-unsaturated/α-hetero) is 1. The molecule has 78 valence electrons. The van der Waals surface area contributed by atoms with Crippen LogP contribution in [0.25, 0.3) is 0 Å². The van der Waals surface area contributed by atoms with Crippen molar-refractivity contribution in [2.45, 2.75) is 6.42 Å². The van der Waals surface area contributed by atoms with E-state index in [-0.39, 0.29) is 5.78 Å². The number of carbonyl (C=O) groups is 1. The van der Waals surface area contributed by atoms with Crippen LogP contribution in [0.15, 0.2) is 30.5 Å². The zero-order valence-corrected chi connectivity index (χ0v) is 12.3. The van der Waals surface area contributed by atoms with Crippen molar-refractivity contribution >= 4 is 60.3 Å². The minimum Gasteiger partial charge on any atom is -0.294 e. The van der Waals surface area contributed by atoms with Crippen molar-refractivity contribution in [3.05, 3.63) is 41.6 Å². The third kappa shape index (κ3) is 2.78. The van der Waals surface area contributed by atoms with Gasteiger partial charge in [0.15, 0.2) is 5.78 Å². The second kappa shape index (κ2) is 4.91. The fourth-order valence-corrected chi connectivity index (χ4v) is 4.73. The van der Waals surface area contributed by atoms with Crippen LogP contribution in [0, 0.1) is 0 Å². The second-order valence-electron chi connectivity index (χ2n) is 2.97. The maximum absolute atomic E-state index is 11.9. The molecule has 2 rings (SSSR count). The summed E-state index contributed by atoms with van der Waals surface area (Å²) in [5.41, 5.74) is 1.84. The average molecular weight is 366 g/mol. The minimum absolute atomic E-state index is 0.155. The Morgan fingerprint density at radius 2 is 2.20 bits per heavy atom. The molecule has 5 heteroatoms. The Bertz CT molecular complexity index is 474. The quantitative estimate of drug-likeness (QED) is 0.716. The van der Waals surface area contributed by atoms with E-state index in [1.54, 1.807) is 11.3 Å². The van der Waals surface area contributed by atoms with Crippen LogP contribution < -0.4 is 0 Å². The third-order valence-electron chi connectivity index (χ3n) is 1.90. The van der Waals surface area contributed by atoms with Gasteiger partial charge in [-0.05, 0) is 60.3 Å². The molecule has 0 N–H and O–H groups in total. The molecule has 0 spiro atoms. The van der Waals surface area contributed by atoms with Gasteiger partial charge in [0.25, 0.3) is 0 Å². The number of carbonyl (C=O) groups excluding carboxylic acids is 1. The summed E-state index contributed by atoms with van der Waals surface area (Å²) in [7, 11) is 0. The number of hydrogen-bond donors (Lipinski definition) is 0. The number of rotatable bonds is 3. The number of halogens is 2. The predicted molar refractivity (Wildman–Crippen MR) is 72.1 cm³/mol. The Balaban J connectivity index is 2.18. The summed E-state index contributed by atoms with van der Waals surface area (Å²) in [4.78, 5) is 11.9. The molecule has 0 aliphatic carbocycles. The molecule has 0 aromatic carbocycles. The van der Waals surface area contributed by atoms with E-state index in [1.807, 2.05) is 22.9 Å². The summed E-state index contributed by atoms with van der Waals surface area (Å²) in [5, 5.41) is 3.99. The normalized spacial score (nSPS) is 10.5. The molecular formula is C10H6Br2OS2. The van der Waals surface area contributed by atoms with Crippen LogP contribution in [0.2, 0.25) is 0 Å². The molecule has 0 unspecified atom stereocenters. The molecule has 0 saturated heterocycles. The third-order valence-corrected chi connectivity index (χ3v) is 4.97. The molecule has 0 aliphatic heterocycles. The van der Waals surface area contributed by atoms with E-state index < -0.39 is 0 Å². The summed E-state index contributed by atoms with van der Waals surface area (Å²) < 4.78 is 1.87. The standard InChI is InChI=1S/C10H6Br2OS2/c11-9-4-7(10(12)15-9)8(13)3-6-1-2-14-5-6/h1-2,4-5H,3H2. The van der Waals surface area contributed by atoms with E-state index in [9.17, 15) is 4.79 Å². The SMILES string of the molecule is O=C(Cc1ccsc1)c1cc(Br)sc1Br. The van der Waals surface area contributed by atoms with E-state index in [1.165, 1.54) is 11.3 Å². The summed E-state index contributed by atoms with van der Waals surface area (Å²) in [6, 6.07) is 3.85. The van der Waals surface area contributed by atoms with E-state index in [0.717, 1.165) is 18.7 Å². The highest BCUT2D eigenvalue weighted by Crippen LogP contribution is 2.32. The molecule has 0 fully saturated rings. The number of hydrogen-bond acceptors (Lipinski definition) is 3. The molecule has 0 amide bonds. The Morgan fingerprint density at radius 3 is 2.73 bits per heavy atom. The van der Waals surface area contributed by atoms with Crippen molar-refractivity contribution in [1.29, 1.82) is 0 Å². The average Bonchev–Trinajstić information content (AvgIpc) is 2.75. The van der Waals surface area contributed by atoms with Crippen molar-refractivity contribution in [2.24, 2.45) is 0 Å². The molecule has 2 heterocycles. The highest BCUT2D eigenvalue weighted by Gasteiger charge is 2.14. The summed E-state index contributed by atoms with van der Waals surface area (Å²) in [6.07, 6.45) is 0.477. The lowest BCUT2D eigenvalue weighted by atomic mass is 10.1. The van der Waals surface area contributed by atoms with E-state index in [4.69, 9.17) is 0 Å². The fourth-order valence-electron chi connectivity index (χ4n) is 1.20. The van der Waals surface area contributed by atoms with Crippen LogP contribution in [0.1, 0.15) is 15.9 Å². The molecule has 0 atom stereocenters. The smallest absolute Gasteiger partial charge is 0.169 e. The van der Waals surface area contributed by atoms with Crippen molar-refractivity contribution < 1.29 is 4.79 Å². The van der Waals surface area contributed by atoms with Gasteiger partial charge in [0.1, 0.15) is 0 Å². The molecule has 2 aromatic heterocycles. The lowest BCUT2D eigenvalue weighted by molar-refractivity contribution is 0.0993. The summed E-state index contributed by atoms with van der Waals surface area (Å²) >= 11 is 9.90. The van der Waals surface area contributed by atoms with Gasteiger partial charge >= 0.3 is 0 Å². The van der Waals surface area contributed by atoms with Gasteiger partial charge < -0.3 is 0 Å². The highest BCUT2D eigenvalue weighted by atomic mass is 79.9. The van der Waals surface area contributed by atoms with E-state index in [0.29, 0.717) is 6.42 Å². The summed E-state index contributed by atoms with van der Waals surface area (Å²) in [6.45, 7) is 0. The van der Waals surface area contributed by atoms with Crippen LogP contribution in [-0.2, 0) is 6.42 Å². The highest BCUT2D eigenvalue weighted by molar-refractivity contribution is 9.12. The molecule has 1 nitrogen and oxygen atoms in total. The molecule has 0 aliphatic rings. The largest absolute Gasteiger partial charge is 0.294 e. The van der Waals surface area contributed by atoms with Crippen molar-refractivity contribution in [3.8, 4) is 0 Å². The maximum atomic E-state index is 11.9. The fraction of sp³-hybridized carbons (Fsp3) is 0.100. The number of ketones is 1. The van der Waals surface area contributed by atoms with Crippen molar-refractivity contribution in [1.82, 2.24) is 0 Å². The molecule has 2 aromatic rings.